The number of para-hydroxylation sites is 2. The number of fused-ring (bicyclic) bond motifs is 1. The highest BCUT2D eigenvalue weighted by molar-refractivity contribution is 7.92. The van der Waals surface area contributed by atoms with E-state index < -0.39 is 15.1 Å². The number of likely N-dealkylation sites (N-methyl/N-ethyl adjacent to an activating group) is 1. The standard InChI is InChI=1S/C22H23N5O2S/c1-16-6-5-7-17(14-16)30(28,29)20(15-23)21-22(27-12-10-26(2)11-13-27)25-19-9-4-3-8-18(19)24-21/h3-9,14,20H,10-13H2,1-2H3. The molecule has 0 N–H and O–H groups in total. The Kier molecular flexibility index (Phi) is 5.41. The lowest BCUT2D eigenvalue weighted by molar-refractivity contribution is 0.312. The highest BCUT2D eigenvalue weighted by Gasteiger charge is 2.35. The van der Waals surface area contributed by atoms with Gasteiger partial charge in [0.15, 0.2) is 11.1 Å². The molecule has 0 radical (unpaired) electrons. The van der Waals surface area contributed by atoms with Crippen molar-refractivity contribution in [3.8, 4) is 6.07 Å². The fourth-order valence-electron chi connectivity index (χ4n) is 3.64. The van der Waals surface area contributed by atoms with Crippen LogP contribution >= 0.6 is 0 Å². The summed E-state index contributed by atoms with van der Waals surface area (Å²) in [4.78, 5) is 13.7. The third-order valence-corrected chi connectivity index (χ3v) is 7.24. The molecule has 0 amide bonds. The van der Waals surface area contributed by atoms with Gasteiger partial charge in [-0.15, -0.1) is 0 Å². The highest BCUT2D eigenvalue weighted by atomic mass is 32.2. The summed E-state index contributed by atoms with van der Waals surface area (Å²) in [5.41, 5.74) is 2.27. The lowest BCUT2D eigenvalue weighted by Gasteiger charge is -2.34. The van der Waals surface area contributed by atoms with E-state index in [-0.39, 0.29) is 10.6 Å². The number of nitriles is 1. The van der Waals surface area contributed by atoms with Crippen molar-refractivity contribution in [1.82, 2.24) is 14.9 Å². The zero-order valence-corrected chi connectivity index (χ0v) is 17.8. The molecule has 2 aromatic carbocycles. The zero-order chi connectivity index (χ0) is 21.3. The second-order valence-corrected chi connectivity index (χ2v) is 9.61. The number of piperazine rings is 1. The van der Waals surface area contributed by atoms with Gasteiger partial charge in [-0.1, -0.05) is 24.3 Å². The van der Waals surface area contributed by atoms with Crippen LogP contribution in [-0.2, 0) is 9.84 Å². The van der Waals surface area contributed by atoms with Crippen molar-refractivity contribution in [2.24, 2.45) is 0 Å². The molecule has 1 fully saturated rings. The molecule has 7 nitrogen and oxygen atoms in total. The van der Waals surface area contributed by atoms with Gasteiger partial charge in [0.2, 0.25) is 9.84 Å². The fourth-order valence-corrected chi connectivity index (χ4v) is 5.12. The number of aryl methyl sites for hydroxylation is 1. The summed E-state index contributed by atoms with van der Waals surface area (Å²) in [6.07, 6.45) is 0. The Labute approximate surface area is 176 Å². The molecule has 0 bridgehead atoms. The van der Waals surface area contributed by atoms with Crippen LogP contribution < -0.4 is 4.90 Å². The molecule has 1 unspecified atom stereocenters. The van der Waals surface area contributed by atoms with Crippen LogP contribution in [0.4, 0.5) is 5.82 Å². The van der Waals surface area contributed by atoms with Gasteiger partial charge in [0.05, 0.1) is 22.0 Å². The van der Waals surface area contributed by atoms with Crippen LogP contribution in [0.5, 0.6) is 0 Å². The maximum absolute atomic E-state index is 13.4. The first-order valence-corrected chi connectivity index (χ1v) is 11.3. The molecule has 1 aliphatic heterocycles. The second-order valence-electron chi connectivity index (χ2n) is 7.58. The Morgan fingerprint density at radius 1 is 1.00 bits per heavy atom. The lowest BCUT2D eigenvalue weighted by atomic mass is 10.2. The predicted octanol–water partition coefficient (Wildman–Crippen LogP) is 2.73. The Morgan fingerprint density at radius 2 is 1.67 bits per heavy atom. The van der Waals surface area contributed by atoms with Crippen LogP contribution in [0, 0.1) is 18.3 Å². The van der Waals surface area contributed by atoms with E-state index in [1.165, 1.54) is 6.07 Å². The minimum atomic E-state index is -3.97. The van der Waals surface area contributed by atoms with Crippen molar-refractivity contribution in [3.63, 3.8) is 0 Å². The predicted molar refractivity (Wildman–Crippen MR) is 116 cm³/mol. The van der Waals surface area contributed by atoms with Crippen molar-refractivity contribution in [3.05, 3.63) is 59.8 Å². The number of aromatic nitrogens is 2. The van der Waals surface area contributed by atoms with E-state index in [0.717, 1.165) is 18.7 Å². The summed E-state index contributed by atoms with van der Waals surface area (Å²) in [7, 11) is -1.92. The van der Waals surface area contributed by atoms with Crippen LogP contribution in [0.2, 0.25) is 0 Å². The topological polar surface area (TPSA) is 90.2 Å². The van der Waals surface area contributed by atoms with E-state index in [4.69, 9.17) is 4.98 Å². The average molecular weight is 422 g/mol. The monoisotopic (exact) mass is 421 g/mol. The number of nitrogens with zero attached hydrogens (tertiary/aromatic N) is 5. The van der Waals surface area contributed by atoms with Gasteiger partial charge < -0.3 is 9.80 Å². The molecular weight excluding hydrogens is 398 g/mol. The lowest BCUT2D eigenvalue weighted by Crippen LogP contribution is -2.45. The normalized spacial score (nSPS) is 16.4. The van der Waals surface area contributed by atoms with E-state index in [0.29, 0.717) is 29.9 Å². The number of benzene rings is 2. The van der Waals surface area contributed by atoms with E-state index in [2.05, 4.69) is 9.88 Å². The van der Waals surface area contributed by atoms with Crippen molar-refractivity contribution in [2.45, 2.75) is 17.1 Å². The van der Waals surface area contributed by atoms with E-state index in [1.807, 2.05) is 49.2 Å². The second kappa shape index (κ2) is 8.01. The molecule has 3 aromatic rings. The summed E-state index contributed by atoms with van der Waals surface area (Å²) < 4.78 is 26.8. The van der Waals surface area contributed by atoms with Gasteiger partial charge >= 0.3 is 0 Å². The summed E-state index contributed by atoms with van der Waals surface area (Å²) in [6.45, 7) is 4.87. The van der Waals surface area contributed by atoms with Gasteiger partial charge in [0.25, 0.3) is 0 Å². The fraction of sp³-hybridized carbons (Fsp3) is 0.318. The van der Waals surface area contributed by atoms with Gasteiger partial charge in [-0.2, -0.15) is 5.26 Å². The quantitative estimate of drug-likeness (QED) is 0.640. The Hall–Kier alpha value is -3.02. The minimum Gasteiger partial charge on any atom is -0.352 e. The molecule has 2 heterocycles. The molecule has 1 aliphatic rings. The first kappa shape index (κ1) is 20.3. The Bertz CT molecular complexity index is 1230. The van der Waals surface area contributed by atoms with E-state index in [1.54, 1.807) is 18.2 Å². The van der Waals surface area contributed by atoms with Crippen molar-refractivity contribution in [1.29, 1.82) is 5.26 Å². The SMILES string of the molecule is Cc1cccc(S(=O)(=O)C(C#N)c2nc3ccccc3nc2N2CCN(C)CC2)c1. The summed E-state index contributed by atoms with van der Waals surface area (Å²) in [5.74, 6) is 0.476. The first-order chi connectivity index (χ1) is 14.4. The maximum atomic E-state index is 13.4. The molecule has 0 saturated carbocycles. The first-order valence-electron chi connectivity index (χ1n) is 9.80. The minimum absolute atomic E-state index is 0.119. The number of sulfone groups is 1. The molecule has 4 rings (SSSR count). The van der Waals surface area contributed by atoms with Crippen LogP contribution in [0.1, 0.15) is 16.5 Å². The molecule has 154 valence electrons. The highest BCUT2D eigenvalue weighted by Crippen LogP contribution is 2.34. The van der Waals surface area contributed by atoms with Gasteiger partial charge in [-0.05, 0) is 43.8 Å². The average Bonchev–Trinajstić information content (AvgIpc) is 2.74. The molecule has 0 spiro atoms. The van der Waals surface area contributed by atoms with Gasteiger partial charge in [-0.25, -0.2) is 18.4 Å². The summed E-state index contributed by atoms with van der Waals surface area (Å²) >= 11 is 0. The molecule has 0 aliphatic carbocycles. The van der Waals surface area contributed by atoms with Gasteiger partial charge in [0, 0.05) is 26.2 Å². The molecule has 8 heteroatoms. The molecule has 1 atom stereocenters. The molecular formula is C22H23N5O2S. The number of rotatable bonds is 4. The molecule has 30 heavy (non-hydrogen) atoms. The third kappa shape index (κ3) is 3.74. The van der Waals surface area contributed by atoms with Crippen LogP contribution in [0.25, 0.3) is 11.0 Å². The number of anilines is 1. The van der Waals surface area contributed by atoms with Gasteiger partial charge in [0.1, 0.15) is 5.69 Å². The third-order valence-electron chi connectivity index (χ3n) is 5.37. The number of hydrogen-bond donors (Lipinski definition) is 0. The van der Waals surface area contributed by atoms with Crippen molar-refractivity contribution < 1.29 is 8.42 Å². The molecule has 1 saturated heterocycles. The Balaban J connectivity index is 1.89. The summed E-state index contributed by atoms with van der Waals surface area (Å²) in [5, 5.41) is 8.52. The van der Waals surface area contributed by atoms with Crippen molar-refractivity contribution in [2.75, 3.05) is 38.1 Å². The van der Waals surface area contributed by atoms with E-state index in [9.17, 15) is 13.7 Å². The smallest absolute Gasteiger partial charge is 0.200 e. The summed E-state index contributed by atoms with van der Waals surface area (Å²) in [6, 6.07) is 16.0. The largest absolute Gasteiger partial charge is 0.352 e. The van der Waals surface area contributed by atoms with Crippen LogP contribution in [0.3, 0.4) is 0 Å². The zero-order valence-electron chi connectivity index (χ0n) is 17.0. The Morgan fingerprint density at radius 3 is 2.30 bits per heavy atom. The molecule has 1 aromatic heterocycles. The maximum Gasteiger partial charge on any atom is 0.200 e. The van der Waals surface area contributed by atoms with Crippen molar-refractivity contribution >= 4 is 26.7 Å². The van der Waals surface area contributed by atoms with Crippen LogP contribution in [-0.4, -0.2) is 56.5 Å². The van der Waals surface area contributed by atoms with Gasteiger partial charge in [-0.3, -0.25) is 0 Å². The number of hydrogen-bond acceptors (Lipinski definition) is 7. The van der Waals surface area contributed by atoms with E-state index >= 15 is 0 Å². The van der Waals surface area contributed by atoms with Crippen LogP contribution in [0.15, 0.2) is 53.4 Å².